The normalized spacial score (nSPS) is 15.8. The van der Waals surface area contributed by atoms with Crippen molar-refractivity contribution in [2.75, 3.05) is 11.9 Å². The molecule has 3 aromatic carbocycles. The first-order valence-corrected chi connectivity index (χ1v) is 9.79. The molecule has 4 aromatic rings. The number of para-hydroxylation sites is 2. The maximum absolute atomic E-state index is 14.8. The molecule has 0 spiro atoms. The predicted octanol–water partition coefficient (Wildman–Crippen LogP) is 5.63. The number of anilines is 1. The number of hydrogen-bond donors (Lipinski definition) is 2. The zero-order valence-corrected chi connectivity index (χ0v) is 16.0. The van der Waals surface area contributed by atoms with Gasteiger partial charge < -0.3 is 15.2 Å². The fraction of sp³-hybridized carbons (Fsp3) is 0.125. The van der Waals surface area contributed by atoms with Crippen LogP contribution >= 0.6 is 0 Å². The van der Waals surface area contributed by atoms with Gasteiger partial charge in [0.2, 0.25) is 0 Å². The number of urea groups is 1. The lowest BCUT2D eigenvalue weighted by Crippen LogP contribution is -2.43. The van der Waals surface area contributed by atoms with Gasteiger partial charge in [0.25, 0.3) is 0 Å². The van der Waals surface area contributed by atoms with Gasteiger partial charge >= 0.3 is 6.03 Å². The summed E-state index contributed by atoms with van der Waals surface area (Å²) in [6, 6.07) is 19.2. The molecular weight excluding hydrogens is 384 g/mol. The molecule has 0 radical (unpaired) electrons. The van der Waals surface area contributed by atoms with Crippen LogP contribution in [0.3, 0.4) is 0 Å². The van der Waals surface area contributed by atoms with Gasteiger partial charge in [-0.05, 0) is 36.2 Å². The second-order valence-corrected chi connectivity index (χ2v) is 7.34. The van der Waals surface area contributed by atoms with E-state index >= 15 is 0 Å². The molecule has 0 aliphatic carbocycles. The molecule has 2 heterocycles. The van der Waals surface area contributed by atoms with Crippen LogP contribution in [0, 0.1) is 11.6 Å². The van der Waals surface area contributed by atoms with E-state index in [0.29, 0.717) is 18.5 Å². The Balaban J connectivity index is 1.61. The number of benzene rings is 3. The Morgan fingerprint density at radius 3 is 2.43 bits per heavy atom. The van der Waals surface area contributed by atoms with Crippen LogP contribution in [-0.2, 0) is 6.42 Å². The first-order valence-electron chi connectivity index (χ1n) is 9.79. The standard InChI is InChI=1S/C24H19F2N3O/c25-18-9-3-1-8-17(18)23-22-16(15-7-2-5-11-20(15)27-22)13-14-29(23)24(30)28-21-12-6-4-10-19(21)26/h1-12,23,27H,13-14H2,(H,28,30)/t23-/m1/s1. The highest BCUT2D eigenvalue weighted by molar-refractivity contribution is 5.91. The maximum Gasteiger partial charge on any atom is 0.322 e. The summed E-state index contributed by atoms with van der Waals surface area (Å²) in [4.78, 5) is 18.1. The van der Waals surface area contributed by atoms with Crippen LogP contribution in [0.4, 0.5) is 19.3 Å². The SMILES string of the molecule is O=C(Nc1ccccc1F)N1CCc2c([nH]c3ccccc23)[C@H]1c1ccccc1F. The predicted molar refractivity (Wildman–Crippen MR) is 112 cm³/mol. The molecule has 2 amide bonds. The van der Waals surface area contributed by atoms with Crippen molar-refractivity contribution in [3.63, 3.8) is 0 Å². The molecule has 4 nitrogen and oxygen atoms in total. The Labute approximate surface area is 172 Å². The number of rotatable bonds is 2. The summed E-state index contributed by atoms with van der Waals surface area (Å²) in [5, 5.41) is 3.71. The van der Waals surface area contributed by atoms with Crippen molar-refractivity contribution >= 4 is 22.6 Å². The molecule has 0 saturated carbocycles. The first-order chi connectivity index (χ1) is 14.6. The second-order valence-electron chi connectivity index (χ2n) is 7.34. The van der Waals surface area contributed by atoms with Crippen molar-refractivity contribution in [1.82, 2.24) is 9.88 Å². The lowest BCUT2D eigenvalue weighted by Gasteiger charge is -2.36. The topological polar surface area (TPSA) is 48.1 Å². The Kier molecular flexibility index (Phi) is 4.47. The van der Waals surface area contributed by atoms with Gasteiger partial charge in [-0.2, -0.15) is 0 Å². The van der Waals surface area contributed by atoms with Crippen molar-refractivity contribution in [3.05, 3.63) is 101 Å². The lowest BCUT2D eigenvalue weighted by atomic mass is 9.92. The molecule has 0 saturated heterocycles. The summed E-state index contributed by atoms with van der Waals surface area (Å²) in [7, 11) is 0. The highest BCUT2D eigenvalue weighted by Gasteiger charge is 2.36. The van der Waals surface area contributed by atoms with E-state index in [9.17, 15) is 13.6 Å². The Hall–Kier alpha value is -3.67. The number of aromatic nitrogens is 1. The molecular formula is C24H19F2N3O. The van der Waals surface area contributed by atoms with E-state index in [2.05, 4.69) is 10.3 Å². The van der Waals surface area contributed by atoms with Crippen LogP contribution in [0.1, 0.15) is 22.9 Å². The Morgan fingerprint density at radius 2 is 1.63 bits per heavy atom. The zero-order chi connectivity index (χ0) is 20.7. The third-order valence-corrected chi connectivity index (χ3v) is 5.61. The van der Waals surface area contributed by atoms with Gasteiger partial charge in [-0.15, -0.1) is 0 Å². The minimum Gasteiger partial charge on any atom is -0.356 e. The van der Waals surface area contributed by atoms with E-state index in [1.165, 1.54) is 18.2 Å². The molecule has 30 heavy (non-hydrogen) atoms. The van der Waals surface area contributed by atoms with Gasteiger partial charge in [-0.1, -0.05) is 48.5 Å². The second kappa shape index (κ2) is 7.30. The summed E-state index contributed by atoms with van der Waals surface area (Å²) >= 11 is 0. The largest absolute Gasteiger partial charge is 0.356 e. The number of fused-ring (bicyclic) bond motifs is 3. The molecule has 2 N–H and O–H groups in total. The molecule has 1 aromatic heterocycles. The van der Waals surface area contributed by atoms with Crippen LogP contribution in [0.2, 0.25) is 0 Å². The number of aromatic amines is 1. The van der Waals surface area contributed by atoms with Gasteiger partial charge in [-0.3, -0.25) is 0 Å². The van der Waals surface area contributed by atoms with Crippen molar-refractivity contribution in [1.29, 1.82) is 0 Å². The molecule has 6 heteroatoms. The van der Waals surface area contributed by atoms with E-state index in [1.54, 1.807) is 35.2 Å². The van der Waals surface area contributed by atoms with Crippen LogP contribution in [0.5, 0.6) is 0 Å². The van der Waals surface area contributed by atoms with Gasteiger partial charge in [0, 0.05) is 28.7 Å². The minimum absolute atomic E-state index is 0.0947. The molecule has 0 bridgehead atoms. The summed E-state index contributed by atoms with van der Waals surface area (Å²) in [5.41, 5.74) is 3.30. The number of nitrogens with one attached hydrogen (secondary N) is 2. The third-order valence-electron chi connectivity index (χ3n) is 5.61. The van der Waals surface area contributed by atoms with Crippen molar-refractivity contribution < 1.29 is 13.6 Å². The number of carbonyl (C=O) groups is 1. The minimum atomic E-state index is -0.644. The molecule has 5 rings (SSSR count). The number of hydrogen-bond acceptors (Lipinski definition) is 1. The molecule has 1 aliphatic rings. The van der Waals surface area contributed by atoms with Gasteiger partial charge in [0.15, 0.2) is 0 Å². The fourth-order valence-corrected chi connectivity index (χ4v) is 4.23. The van der Waals surface area contributed by atoms with Crippen LogP contribution in [0.15, 0.2) is 72.8 Å². The number of amides is 2. The van der Waals surface area contributed by atoms with E-state index in [1.807, 2.05) is 24.3 Å². The number of carbonyl (C=O) groups excluding carboxylic acids is 1. The number of nitrogens with zero attached hydrogens (tertiary/aromatic N) is 1. The van der Waals surface area contributed by atoms with E-state index in [4.69, 9.17) is 0 Å². The average Bonchev–Trinajstić information content (AvgIpc) is 3.14. The quantitative estimate of drug-likeness (QED) is 0.448. The third kappa shape index (κ3) is 3.01. The smallest absolute Gasteiger partial charge is 0.322 e. The summed E-state index contributed by atoms with van der Waals surface area (Å²) in [5.74, 6) is -0.908. The van der Waals surface area contributed by atoms with E-state index < -0.39 is 23.7 Å². The van der Waals surface area contributed by atoms with Crippen LogP contribution in [0.25, 0.3) is 10.9 Å². The first kappa shape index (κ1) is 18.4. The molecule has 1 aliphatic heterocycles. The molecule has 0 unspecified atom stereocenters. The summed E-state index contributed by atoms with van der Waals surface area (Å²) in [6.45, 7) is 0.383. The molecule has 1 atom stereocenters. The molecule has 0 fully saturated rings. The highest BCUT2D eigenvalue weighted by atomic mass is 19.1. The summed E-state index contributed by atoms with van der Waals surface area (Å²) < 4.78 is 28.9. The van der Waals surface area contributed by atoms with Gasteiger partial charge in [0.1, 0.15) is 17.7 Å². The average molecular weight is 403 g/mol. The monoisotopic (exact) mass is 403 g/mol. The Bertz CT molecular complexity index is 1250. The lowest BCUT2D eigenvalue weighted by molar-refractivity contribution is 0.191. The van der Waals surface area contributed by atoms with Crippen molar-refractivity contribution in [2.45, 2.75) is 12.5 Å². The molecule has 150 valence electrons. The summed E-state index contributed by atoms with van der Waals surface area (Å²) in [6.07, 6.45) is 0.620. The number of H-pyrrole nitrogens is 1. The zero-order valence-electron chi connectivity index (χ0n) is 16.0. The maximum atomic E-state index is 14.8. The Morgan fingerprint density at radius 1 is 0.933 bits per heavy atom. The highest BCUT2D eigenvalue weighted by Crippen LogP contribution is 2.39. The van der Waals surface area contributed by atoms with E-state index in [0.717, 1.165) is 22.2 Å². The van der Waals surface area contributed by atoms with Crippen LogP contribution < -0.4 is 5.32 Å². The van der Waals surface area contributed by atoms with Crippen molar-refractivity contribution in [2.24, 2.45) is 0 Å². The van der Waals surface area contributed by atoms with Crippen molar-refractivity contribution in [3.8, 4) is 0 Å². The number of halogens is 2. The van der Waals surface area contributed by atoms with Gasteiger partial charge in [-0.25, -0.2) is 13.6 Å². The van der Waals surface area contributed by atoms with Crippen LogP contribution in [-0.4, -0.2) is 22.5 Å². The van der Waals surface area contributed by atoms with Gasteiger partial charge in [0.05, 0.1) is 5.69 Å². The fourth-order valence-electron chi connectivity index (χ4n) is 4.23. The van der Waals surface area contributed by atoms with E-state index in [-0.39, 0.29) is 5.69 Å².